The van der Waals surface area contributed by atoms with E-state index in [2.05, 4.69) is 37.2 Å². The zero-order valence-electron chi connectivity index (χ0n) is 10.5. The topological polar surface area (TPSA) is 79.5 Å². The minimum absolute atomic E-state index is 0.00636. The molecule has 0 aliphatic carbocycles. The number of hydrogen-bond acceptors (Lipinski definition) is 3. The van der Waals surface area contributed by atoms with Crippen LogP contribution in [0.1, 0.15) is 16.1 Å². The summed E-state index contributed by atoms with van der Waals surface area (Å²) in [7, 11) is 0. The van der Waals surface area contributed by atoms with Gasteiger partial charge in [-0.1, -0.05) is 15.9 Å². The fourth-order valence-corrected chi connectivity index (χ4v) is 2.23. The van der Waals surface area contributed by atoms with Gasteiger partial charge in [0.25, 0.3) is 0 Å². The van der Waals surface area contributed by atoms with Gasteiger partial charge in [-0.15, -0.1) is 0 Å². The fraction of sp³-hybridized carbons (Fsp3) is 0. The van der Waals surface area contributed by atoms with E-state index in [0.717, 1.165) is 0 Å². The number of nitrogens with one attached hydrogen (secondary N) is 1. The summed E-state index contributed by atoms with van der Waals surface area (Å²) in [5.74, 6) is -1.07. The Bertz CT molecular complexity index is 722. The summed E-state index contributed by atoms with van der Waals surface area (Å²) in [4.78, 5) is 22.9. The third-order valence-electron chi connectivity index (χ3n) is 2.46. The first-order valence-corrected chi connectivity index (χ1v) is 7.31. The van der Waals surface area contributed by atoms with Gasteiger partial charge in [0.1, 0.15) is 5.76 Å². The smallest absolute Gasteiger partial charge is 0.337 e. The predicted octanol–water partition coefficient (Wildman–Crippen LogP) is 4.15. The van der Waals surface area contributed by atoms with E-state index in [4.69, 9.17) is 9.52 Å². The van der Waals surface area contributed by atoms with Gasteiger partial charge in [0.05, 0.1) is 11.3 Å². The van der Waals surface area contributed by atoms with Gasteiger partial charge in [-0.2, -0.15) is 0 Å². The summed E-state index contributed by atoms with van der Waals surface area (Å²) in [5.41, 5.74) is 0.229. The average Bonchev–Trinajstić information content (AvgIpc) is 2.84. The quantitative estimate of drug-likeness (QED) is 0.736. The molecule has 2 rings (SSSR count). The highest BCUT2D eigenvalue weighted by Gasteiger charge is 2.12. The van der Waals surface area contributed by atoms with E-state index < -0.39 is 11.9 Å². The lowest BCUT2D eigenvalue weighted by atomic mass is 10.2. The molecule has 0 bridgehead atoms. The molecular formula is C14H9Br2NO4. The molecule has 0 spiro atoms. The Morgan fingerprint density at radius 3 is 2.57 bits per heavy atom. The minimum Gasteiger partial charge on any atom is -0.478 e. The van der Waals surface area contributed by atoms with Crippen molar-refractivity contribution >= 4 is 55.5 Å². The molecule has 1 aromatic heterocycles. The van der Waals surface area contributed by atoms with Gasteiger partial charge in [0.15, 0.2) is 4.67 Å². The van der Waals surface area contributed by atoms with Crippen LogP contribution in [0.5, 0.6) is 0 Å². The summed E-state index contributed by atoms with van der Waals surface area (Å²) in [6, 6.07) is 7.98. The van der Waals surface area contributed by atoms with Crippen molar-refractivity contribution in [3.05, 3.63) is 56.9 Å². The number of aromatic carboxylic acids is 1. The van der Waals surface area contributed by atoms with E-state index >= 15 is 0 Å². The van der Waals surface area contributed by atoms with Gasteiger partial charge in [-0.25, -0.2) is 4.79 Å². The number of carboxylic acid groups (broad SMARTS) is 1. The van der Waals surface area contributed by atoms with Crippen molar-refractivity contribution < 1.29 is 19.1 Å². The SMILES string of the molecule is O=C(C=Cc1ccc(Br)o1)Nc1ccc(Br)cc1C(=O)O. The third kappa shape index (κ3) is 4.30. The molecule has 1 aromatic carbocycles. The Kier molecular flexibility index (Phi) is 4.98. The number of hydrogen-bond donors (Lipinski definition) is 2. The number of carbonyl (C=O) groups is 2. The van der Waals surface area contributed by atoms with Gasteiger partial charge >= 0.3 is 5.97 Å². The maximum atomic E-state index is 11.8. The number of halogens is 2. The molecule has 1 heterocycles. The highest BCUT2D eigenvalue weighted by Crippen LogP contribution is 2.21. The molecule has 0 atom stereocenters. The standard InChI is InChI=1S/C14H9Br2NO4/c15-8-1-4-11(10(7-8)14(19)20)17-13(18)6-3-9-2-5-12(16)21-9/h1-7H,(H,17,18)(H,19,20). The number of amides is 1. The van der Waals surface area contributed by atoms with Crippen LogP contribution >= 0.6 is 31.9 Å². The van der Waals surface area contributed by atoms with Crippen LogP contribution in [0.4, 0.5) is 5.69 Å². The molecule has 2 aromatic rings. The summed E-state index contributed by atoms with van der Waals surface area (Å²) in [6.07, 6.45) is 2.75. The minimum atomic E-state index is -1.12. The van der Waals surface area contributed by atoms with Crippen LogP contribution in [0.15, 0.2) is 50.0 Å². The van der Waals surface area contributed by atoms with E-state index in [-0.39, 0.29) is 11.3 Å². The molecule has 0 fully saturated rings. The molecule has 0 aliphatic heterocycles. The third-order valence-corrected chi connectivity index (χ3v) is 3.38. The Hall–Kier alpha value is -1.86. The van der Waals surface area contributed by atoms with E-state index in [1.807, 2.05) is 0 Å². The van der Waals surface area contributed by atoms with Crippen molar-refractivity contribution in [2.75, 3.05) is 5.32 Å². The van der Waals surface area contributed by atoms with Gasteiger partial charge in [0.2, 0.25) is 5.91 Å². The lowest BCUT2D eigenvalue weighted by Gasteiger charge is -2.06. The molecule has 21 heavy (non-hydrogen) atoms. The van der Waals surface area contributed by atoms with Crippen LogP contribution in [0.2, 0.25) is 0 Å². The molecule has 1 amide bonds. The first-order chi connectivity index (χ1) is 9.95. The van der Waals surface area contributed by atoms with Crippen LogP contribution in [-0.2, 0) is 4.79 Å². The summed E-state index contributed by atoms with van der Waals surface area (Å²) < 4.78 is 6.39. The largest absolute Gasteiger partial charge is 0.478 e. The number of furan rings is 1. The van der Waals surface area contributed by atoms with Crippen LogP contribution in [0.25, 0.3) is 6.08 Å². The van der Waals surface area contributed by atoms with Gasteiger partial charge in [-0.3, -0.25) is 4.79 Å². The Morgan fingerprint density at radius 1 is 1.19 bits per heavy atom. The Labute approximate surface area is 136 Å². The Morgan fingerprint density at radius 2 is 1.95 bits per heavy atom. The lowest BCUT2D eigenvalue weighted by Crippen LogP contribution is -2.12. The molecule has 5 nitrogen and oxygen atoms in total. The number of carboxylic acids is 1. The summed E-state index contributed by atoms with van der Waals surface area (Å²) in [5, 5.41) is 11.6. The first kappa shape index (κ1) is 15.5. The van der Waals surface area contributed by atoms with Crippen molar-refractivity contribution in [3.8, 4) is 0 Å². The second-order valence-electron chi connectivity index (χ2n) is 3.96. The zero-order valence-corrected chi connectivity index (χ0v) is 13.6. The molecule has 0 saturated heterocycles. The van der Waals surface area contributed by atoms with E-state index in [1.165, 1.54) is 24.3 Å². The molecule has 7 heteroatoms. The monoisotopic (exact) mass is 413 g/mol. The predicted molar refractivity (Wildman–Crippen MR) is 85.2 cm³/mol. The fourth-order valence-electron chi connectivity index (χ4n) is 1.55. The highest BCUT2D eigenvalue weighted by molar-refractivity contribution is 9.10. The lowest BCUT2D eigenvalue weighted by molar-refractivity contribution is -0.111. The summed E-state index contributed by atoms with van der Waals surface area (Å²) >= 11 is 6.34. The van der Waals surface area contributed by atoms with Crippen molar-refractivity contribution in [3.63, 3.8) is 0 Å². The second-order valence-corrected chi connectivity index (χ2v) is 5.66. The average molecular weight is 415 g/mol. The summed E-state index contributed by atoms with van der Waals surface area (Å²) in [6.45, 7) is 0. The van der Waals surface area contributed by atoms with E-state index in [0.29, 0.717) is 14.9 Å². The highest BCUT2D eigenvalue weighted by atomic mass is 79.9. The van der Waals surface area contributed by atoms with Crippen molar-refractivity contribution in [2.45, 2.75) is 0 Å². The van der Waals surface area contributed by atoms with Gasteiger partial charge in [-0.05, 0) is 52.3 Å². The number of rotatable bonds is 4. The van der Waals surface area contributed by atoms with Crippen molar-refractivity contribution in [1.29, 1.82) is 0 Å². The number of carbonyl (C=O) groups excluding carboxylic acids is 1. The Balaban J connectivity index is 2.13. The van der Waals surface area contributed by atoms with Crippen LogP contribution in [-0.4, -0.2) is 17.0 Å². The van der Waals surface area contributed by atoms with E-state index in [9.17, 15) is 9.59 Å². The molecule has 0 unspecified atom stereocenters. The number of benzene rings is 1. The van der Waals surface area contributed by atoms with Gasteiger partial charge < -0.3 is 14.8 Å². The molecule has 0 aliphatic rings. The molecule has 2 N–H and O–H groups in total. The second kappa shape index (κ2) is 6.73. The van der Waals surface area contributed by atoms with Crippen molar-refractivity contribution in [1.82, 2.24) is 0 Å². The first-order valence-electron chi connectivity index (χ1n) is 5.73. The van der Waals surface area contributed by atoms with Crippen LogP contribution in [0.3, 0.4) is 0 Å². The molecular weight excluding hydrogens is 406 g/mol. The molecule has 0 saturated carbocycles. The number of anilines is 1. The van der Waals surface area contributed by atoms with Crippen LogP contribution < -0.4 is 5.32 Å². The maximum Gasteiger partial charge on any atom is 0.337 e. The van der Waals surface area contributed by atoms with E-state index in [1.54, 1.807) is 18.2 Å². The van der Waals surface area contributed by atoms with Gasteiger partial charge in [0, 0.05) is 10.5 Å². The van der Waals surface area contributed by atoms with Crippen LogP contribution in [0, 0.1) is 0 Å². The molecule has 108 valence electrons. The normalized spacial score (nSPS) is 10.8. The maximum absolute atomic E-state index is 11.8. The molecule has 0 radical (unpaired) electrons. The van der Waals surface area contributed by atoms with Crippen molar-refractivity contribution in [2.24, 2.45) is 0 Å². The zero-order chi connectivity index (χ0) is 15.4.